The minimum absolute atomic E-state index is 0.169. The number of carboxylic acid groups (broad SMARTS) is 1. The molecule has 0 amide bonds. The summed E-state index contributed by atoms with van der Waals surface area (Å²) >= 11 is 0. The summed E-state index contributed by atoms with van der Waals surface area (Å²) in [5.41, 5.74) is -0.169. The minimum Gasteiger partial charge on any atom is -0.477 e. The first-order valence-corrected chi connectivity index (χ1v) is 2.69. The maximum absolute atomic E-state index is 10.0. The van der Waals surface area contributed by atoms with E-state index in [9.17, 15) is 9.59 Å². The Labute approximate surface area is 53.0 Å². The second-order valence-corrected chi connectivity index (χ2v) is 1.64. The van der Waals surface area contributed by atoms with E-state index in [4.69, 9.17) is 5.11 Å². The summed E-state index contributed by atoms with van der Waals surface area (Å²) in [4.78, 5) is 19.8. The molecule has 0 radical (unpaired) electrons. The van der Waals surface area contributed by atoms with Gasteiger partial charge in [0.05, 0.1) is 0 Å². The molecule has 0 aliphatic rings. The van der Waals surface area contributed by atoms with Crippen LogP contribution in [-0.4, -0.2) is 17.0 Å². The van der Waals surface area contributed by atoms with Gasteiger partial charge in [-0.05, 0) is 6.42 Å². The number of carboxylic acids is 1. The fraction of sp³-hybridized carbons (Fsp3) is 0.500. The van der Waals surface area contributed by atoms with Gasteiger partial charge in [-0.15, -0.1) is 0 Å². The van der Waals surface area contributed by atoms with E-state index in [1.54, 1.807) is 6.92 Å². The van der Waals surface area contributed by atoms with E-state index in [1.165, 1.54) is 5.94 Å². The molecule has 9 heavy (non-hydrogen) atoms. The summed E-state index contributed by atoms with van der Waals surface area (Å²) in [6.07, 6.45) is 0.968. The molecule has 0 aromatic carbocycles. The molecule has 0 heterocycles. The summed E-state index contributed by atoms with van der Waals surface area (Å²) in [5, 5.41) is 8.20. The van der Waals surface area contributed by atoms with E-state index >= 15 is 0 Å². The lowest BCUT2D eigenvalue weighted by Crippen LogP contribution is -2.00. The van der Waals surface area contributed by atoms with Crippen molar-refractivity contribution in [3.05, 3.63) is 5.57 Å². The van der Waals surface area contributed by atoms with E-state index < -0.39 is 5.97 Å². The second kappa shape index (κ2) is 3.87. The Morgan fingerprint density at radius 3 is 2.33 bits per heavy atom. The van der Waals surface area contributed by atoms with Gasteiger partial charge in [0, 0.05) is 0 Å². The average molecular weight is 128 g/mol. The van der Waals surface area contributed by atoms with Crippen LogP contribution in [0.4, 0.5) is 0 Å². The molecule has 0 saturated heterocycles. The molecular weight excluding hydrogens is 120 g/mol. The number of carbonyl (C=O) groups is 1. The summed E-state index contributed by atoms with van der Waals surface area (Å²) in [6.45, 7) is 1.81. The van der Waals surface area contributed by atoms with Crippen molar-refractivity contribution < 1.29 is 14.7 Å². The molecular formula is C6H8O3. The fourth-order valence-electron chi connectivity index (χ4n) is 0.452. The van der Waals surface area contributed by atoms with Crippen molar-refractivity contribution in [3.63, 3.8) is 0 Å². The number of rotatable bonds is 3. The molecule has 3 nitrogen and oxygen atoms in total. The maximum Gasteiger partial charge on any atom is 0.342 e. The quantitative estimate of drug-likeness (QED) is 0.448. The Morgan fingerprint density at radius 1 is 1.67 bits per heavy atom. The van der Waals surface area contributed by atoms with Gasteiger partial charge in [0.1, 0.15) is 11.5 Å². The van der Waals surface area contributed by atoms with Crippen LogP contribution in [0.25, 0.3) is 0 Å². The van der Waals surface area contributed by atoms with Crippen LogP contribution < -0.4 is 0 Å². The predicted molar refractivity (Wildman–Crippen MR) is 31.8 cm³/mol. The number of hydrogen-bond acceptors (Lipinski definition) is 2. The molecule has 1 N–H and O–H groups in total. The highest BCUT2D eigenvalue weighted by Gasteiger charge is 2.04. The van der Waals surface area contributed by atoms with Gasteiger partial charge in [0.25, 0.3) is 0 Å². The van der Waals surface area contributed by atoms with Crippen LogP contribution in [0.1, 0.15) is 19.8 Å². The van der Waals surface area contributed by atoms with Crippen molar-refractivity contribution in [1.82, 2.24) is 0 Å². The molecule has 50 valence electrons. The first-order chi connectivity index (χ1) is 4.22. The van der Waals surface area contributed by atoms with Crippen molar-refractivity contribution in [3.8, 4) is 0 Å². The molecule has 0 rings (SSSR count). The van der Waals surface area contributed by atoms with E-state index in [1.807, 2.05) is 0 Å². The number of carbonyl (C=O) groups excluding carboxylic acids is 1. The summed E-state index contributed by atoms with van der Waals surface area (Å²) in [6, 6.07) is 0. The molecule has 0 bridgehead atoms. The molecule has 0 fully saturated rings. The molecule has 0 unspecified atom stereocenters. The van der Waals surface area contributed by atoms with Crippen molar-refractivity contribution in [2.24, 2.45) is 0 Å². The number of hydrogen-bond donors (Lipinski definition) is 1. The lowest BCUT2D eigenvalue weighted by molar-refractivity contribution is -0.132. The topological polar surface area (TPSA) is 54.4 Å². The van der Waals surface area contributed by atoms with Crippen molar-refractivity contribution in [2.75, 3.05) is 0 Å². The van der Waals surface area contributed by atoms with E-state index in [0.29, 0.717) is 12.8 Å². The normalized spacial score (nSPS) is 8.11. The van der Waals surface area contributed by atoms with Crippen LogP contribution in [0.5, 0.6) is 0 Å². The third kappa shape index (κ3) is 2.67. The second-order valence-electron chi connectivity index (χ2n) is 1.64. The monoisotopic (exact) mass is 128 g/mol. The van der Waals surface area contributed by atoms with Crippen LogP contribution in [-0.2, 0) is 9.59 Å². The average Bonchev–Trinajstić information content (AvgIpc) is 1.82. The third-order valence-corrected chi connectivity index (χ3v) is 0.881. The van der Waals surface area contributed by atoms with E-state index in [2.05, 4.69) is 0 Å². The summed E-state index contributed by atoms with van der Waals surface area (Å²) in [7, 11) is 0. The van der Waals surface area contributed by atoms with Gasteiger partial charge in [-0.25, -0.2) is 9.59 Å². The zero-order valence-electron chi connectivity index (χ0n) is 5.18. The number of aliphatic carboxylic acids is 1. The SMILES string of the molecule is CCCC(=C=O)C(=O)O. The van der Waals surface area contributed by atoms with Crippen molar-refractivity contribution >= 4 is 11.9 Å². The fourth-order valence-corrected chi connectivity index (χ4v) is 0.452. The Hall–Kier alpha value is -1.08. The van der Waals surface area contributed by atoms with Crippen molar-refractivity contribution in [1.29, 1.82) is 0 Å². The highest BCUT2D eigenvalue weighted by Crippen LogP contribution is 1.98. The Kier molecular flexibility index (Phi) is 3.40. The lowest BCUT2D eigenvalue weighted by Gasteiger charge is -1.89. The standard InChI is InChI=1S/C6H8O3/c1-2-3-5(4-7)6(8)9/h2-3H2,1H3,(H,8,9). The van der Waals surface area contributed by atoms with Gasteiger partial charge >= 0.3 is 5.97 Å². The van der Waals surface area contributed by atoms with E-state index in [0.717, 1.165) is 0 Å². The van der Waals surface area contributed by atoms with Gasteiger partial charge in [-0.3, -0.25) is 0 Å². The Morgan fingerprint density at radius 2 is 2.22 bits per heavy atom. The molecule has 0 aromatic rings. The Balaban J connectivity index is 4.02. The van der Waals surface area contributed by atoms with Gasteiger partial charge < -0.3 is 5.11 Å². The maximum atomic E-state index is 10.0. The minimum atomic E-state index is -1.16. The highest BCUT2D eigenvalue weighted by molar-refractivity contribution is 5.95. The van der Waals surface area contributed by atoms with E-state index in [-0.39, 0.29) is 5.57 Å². The molecule has 0 aliphatic carbocycles. The Bertz CT molecular complexity index is 154. The molecule has 0 aromatic heterocycles. The highest BCUT2D eigenvalue weighted by atomic mass is 16.4. The first kappa shape index (κ1) is 7.92. The largest absolute Gasteiger partial charge is 0.477 e. The zero-order valence-corrected chi connectivity index (χ0v) is 5.18. The molecule has 0 spiro atoms. The van der Waals surface area contributed by atoms with Crippen LogP contribution in [0.2, 0.25) is 0 Å². The summed E-state index contributed by atoms with van der Waals surface area (Å²) < 4.78 is 0. The zero-order chi connectivity index (χ0) is 7.28. The molecule has 0 aliphatic heterocycles. The smallest absolute Gasteiger partial charge is 0.342 e. The van der Waals surface area contributed by atoms with Crippen LogP contribution in [0.3, 0.4) is 0 Å². The van der Waals surface area contributed by atoms with Gasteiger partial charge in [-0.2, -0.15) is 0 Å². The molecule has 0 saturated carbocycles. The third-order valence-electron chi connectivity index (χ3n) is 0.881. The van der Waals surface area contributed by atoms with Gasteiger partial charge in [-0.1, -0.05) is 13.3 Å². The van der Waals surface area contributed by atoms with Crippen LogP contribution in [0.15, 0.2) is 5.57 Å². The van der Waals surface area contributed by atoms with Crippen LogP contribution in [0, 0.1) is 0 Å². The van der Waals surface area contributed by atoms with Gasteiger partial charge in [0.15, 0.2) is 0 Å². The summed E-state index contributed by atoms with van der Waals surface area (Å²) in [5.74, 6) is 0.209. The first-order valence-electron chi connectivity index (χ1n) is 2.69. The van der Waals surface area contributed by atoms with Gasteiger partial charge in [0.2, 0.25) is 0 Å². The van der Waals surface area contributed by atoms with Crippen LogP contribution >= 0.6 is 0 Å². The lowest BCUT2D eigenvalue weighted by atomic mass is 10.2. The molecule has 3 heteroatoms. The predicted octanol–water partition coefficient (Wildman–Crippen LogP) is 0.629. The van der Waals surface area contributed by atoms with Crippen molar-refractivity contribution in [2.45, 2.75) is 19.8 Å². The molecule has 0 atom stereocenters.